The van der Waals surface area contributed by atoms with Gasteiger partial charge in [0.2, 0.25) is 5.91 Å². The number of nitrogens with zero attached hydrogens (tertiary/aromatic N) is 2. The Morgan fingerprint density at radius 2 is 2.24 bits per heavy atom. The molecule has 0 unspecified atom stereocenters. The van der Waals surface area contributed by atoms with Gasteiger partial charge in [-0.3, -0.25) is 19.1 Å². The van der Waals surface area contributed by atoms with Crippen molar-refractivity contribution in [2.45, 2.75) is 18.7 Å². The molecule has 1 amide bonds. The zero-order chi connectivity index (χ0) is 15.0. The molecule has 0 aromatic carbocycles. The van der Waals surface area contributed by atoms with Gasteiger partial charge in [-0.1, -0.05) is 0 Å². The van der Waals surface area contributed by atoms with Crippen LogP contribution in [-0.2, 0) is 16.1 Å². The molecule has 0 bridgehead atoms. The molecule has 3 heterocycles. The summed E-state index contributed by atoms with van der Waals surface area (Å²) in [6.07, 6.45) is 1.35. The number of H-pyrrole nitrogens is 1. The predicted octanol–water partition coefficient (Wildman–Crippen LogP) is -1.50. The van der Waals surface area contributed by atoms with Crippen LogP contribution >= 0.6 is 15.9 Å². The van der Waals surface area contributed by atoms with Gasteiger partial charge in [-0.15, -0.1) is 0 Å². The number of aromatic amines is 1. The van der Waals surface area contributed by atoms with Gasteiger partial charge in [0, 0.05) is 25.8 Å². The Bertz CT molecular complexity index is 670. The molecule has 0 spiro atoms. The summed E-state index contributed by atoms with van der Waals surface area (Å²) in [5.41, 5.74) is -1.10. The van der Waals surface area contributed by atoms with Crippen molar-refractivity contribution in [1.29, 1.82) is 0 Å². The zero-order valence-electron chi connectivity index (χ0n) is 11.2. The molecule has 0 radical (unpaired) electrons. The molecule has 1 aromatic heterocycles. The topological polar surface area (TPSA) is 96.4 Å². The SMILES string of the molecule is O=C(Cn1cc(Br)c(=O)[nH]c1=O)N1CCO[C@H]2CNC[C@H]21. The summed E-state index contributed by atoms with van der Waals surface area (Å²) in [6.45, 7) is 2.34. The highest BCUT2D eigenvalue weighted by Crippen LogP contribution is 2.17. The van der Waals surface area contributed by atoms with Crippen molar-refractivity contribution in [3.05, 3.63) is 31.5 Å². The first-order chi connectivity index (χ1) is 10.1. The molecular formula is C12H15BrN4O4. The van der Waals surface area contributed by atoms with E-state index in [1.54, 1.807) is 4.90 Å². The van der Waals surface area contributed by atoms with E-state index in [0.717, 1.165) is 6.54 Å². The van der Waals surface area contributed by atoms with Gasteiger partial charge in [-0.2, -0.15) is 0 Å². The van der Waals surface area contributed by atoms with Crippen LogP contribution < -0.4 is 16.6 Å². The molecule has 2 N–H and O–H groups in total. The second-order valence-corrected chi connectivity index (χ2v) is 5.94. The van der Waals surface area contributed by atoms with Crippen LogP contribution in [0.5, 0.6) is 0 Å². The number of carbonyl (C=O) groups is 1. The number of carbonyl (C=O) groups excluding carboxylic acids is 1. The number of ether oxygens (including phenoxy) is 1. The van der Waals surface area contributed by atoms with Gasteiger partial charge in [-0.05, 0) is 15.9 Å². The van der Waals surface area contributed by atoms with E-state index in [-0.39, 0.29) is 29.1 Å². The average Bonchev–Trinajstić information content (AvgIpc) is 2.92. The van der Waals surface area contributed by atoms with Crippen molar-refractivity contribution in [1.82, 2.24) is 19.8 Å². The predicted molar refractivity (Wildman–Crippen MR) is 77.1 cm³/mol. The maximum absolute atomic E-state index is 12.4. The Hall–Kier alpha value is -1.45. The maximum atomic E-state index is 12.4. The summed E-state index contributed by atoms with van der Waals surface area (Å²) >= 11 is 3.05. The van der Waals surface area contributed by atoms with Gasteiger partial charge >= 0.3 is 5.69 Å². The van der Waals surface area contributed by atoms with Crippen LogP contribution in [0.3, 0.4) is 0 Å². The molecule has 114 valence electrons. The van der Waals surface area contributed by atoms with E-state index in [9.17, 15) is 14.4 Å². The summed E-state index contributed by atoms with van der Waals surface area (Å²) in [7, 11) is 0. The second-order valence-electron chi connectivity index (χ2n) is 5.09. The Labute approximate surface area is 128 Å². The third kappa shape index (κ3) is 2.81. The first-order valence-corrected chi connectivity index (χ1v) is 7.46. The van der Waals surface area contributed by atoms with Gasteiger partial charge in [-0.25, -0.2) is 4.79 Å². The Morgan fingerprint density at radius 1 is 1.43 bits per heavy atom. The number of aromatic nitrogens is 2. The van der Waals surface area contributed by atoms with Crippen LogP contribution in [0, 0.1) is 0 Å². The van der Waals surface area contributed by atoms with E-state index in [1.807, 2.05) is 0 Å². The first kappa shape index (κ1) is 14.5. The summed E-state index contributed by atoms with van der Waals surface area (Å²) in [4.78, 5) is 39.4. The van der Waals surface area contributed by atoms with E-state index in [2.05, 4.69) is 26.2 Å². The van der Waals surface area contributed by atoms with Crippen molar-refractivity contribution in [2.24, 2.45) is 0 Å². The van der Waals surface area contributed by atoms with Gasteiger partial charge in [0.15, 0.2) is 0 Å². The smallest absolute Gasteiger partial charge is 0.328 e. The molecule has 2 aliphatic rings. The third-order valence-corrected chi connectivity index (χ3v) is 4.35. The molecule has 2 saturated heterocycles. The molecule has 2 atom stereocenters. The lowest BCUT2D eigenvalue weighted by Crippen LogP contribution is -2.54. The van der Waals surface area contributed by atoms with Crippen molar-refractivity contribution in [2.75, 3.05) is 26.2 Å². The van der Waals surface area contributed by atoms with E-state index in [0.29, 0.717) is 19.7 Å². The number of halogens is 1. The van der Waals surface area contributed by atoms with Crippen LogP contribution in [0.15, 0.2) is 20.3 Å². The molecule has 9 heteroatoms. The Balaban J connectivity index is 1.78. The highest BCUT2D eigenvalue weighted by Gasteiger charge is 2.38. The lowest BCUT2D eigenvalue weighted by atomic mass is 10.1. The van der Waals surface area contributed by atoms with Crippen LogP contribution in [-0.4, -0.2) is 58.7 Å². The first-order valence-electron chi connectivity index (χ1n) is 6.67. The number of nitrogens with one attached hydrogen (secondary N) is 2. The molecule has 2 aliphatic heterocycles. The zero-order valence-corrected chi connectivity index (χ0v) is 12.8. The van der Waals surface area contributed by atoms with Crippen molar-refractivity contribution >= 4 is 21.8 Å². The van der Waals surface area contributed by atoms with Gasteiger partial charge in [0.05, 0.1) is 23.2 Å². The minimum absolute atomic E-state index is 0.00755. The lowest BCUT2D eigenvalue weighted by Gasteiger charge is -2.37. The van der Waals surface area contributed by atoms with Crippen LogP contribution in [0.2, 0.25) is 0 Å². The molecule has 2 fully saturated rings. The second kappa shape index (κ2) is 5.74. The lowest BCUT2D eigenvalue weighted by molar-refractivity contribution is -0.143. The number of hydrogen-bond donors (Lipinski definition) is 2. The fourth-order valence-electron chi connectivity index (χ4n) is 2.74. The number of amides is 1. The molecule has 8 nitrogen and oxygen atoms in total. The van der Waals surface area contributed by atoms with Gasteiger partial charge in [0.25, 0.3) is 5.56 Å². The van der Waals surface area contributed by atoms with E-state index >= 15 is 0 Å². The standard InChI is InChI=1S/C12H15BrN4O4/c13-7-5-16(12(20)15-11(7)19)6-10(18)17-1-2-21-9-4-14-3-8(9)17/h5,8-9,14H,1-4,6H2,(H,15,19,20)/t8-,9+/m1/s1. The Kier molecular flexibility index (Phi) is 3.96. The number of morpholine rings is 1. The van der Waals surface area contributed by atoms with E-state index < -0.39 is 11.2 Å². The molecule has 0 saturated carbocycles. The highest BCUT2D eigenvalue weighted by molar-refractivity contribution is 9.10. The molecule has 0 aliphatic carbocycles. The van der Waals surface area contributed by atoms with Crippen LogP contribution in [0.25, 0.3) is 0 Å². The monoisotopic (exact) mass is 358 g/mol. The number of rotatable bonds is 2. The minimum Gasteiger partial charge on any atom is -0.373 e. The van der Waals surface area contributed by atoms with E-state index in [1.165, 1.54) is 10.8 Å². The summed E-state index contributed by atoms with van der Waals surface area (Å²) in [5, 5.41) is 3.20. The average molecular weight is 359 g/mol. The van der Waals surface area contributed by atoms with Crippen LogP contribution in [0.4, 0.5) is 0 Å². The van der Waals surface area contributed by atoms with Crippen LogP contribution in [0.1, 0.15) is 0 Å². The van der Waals surface area contributed by atoms with Crippen molar-refractivity contribution in [3.8, 4) is 0 Å². The fraction of sp³-hybridized carbons (Fsp3) is 0.583. The summed E-state index contributed by atoms with van der Waals surface area (Å²) in [6, 6.07) is 0.00755. The summed E-state index contributed by atoms with van der Waals surface area (Å²) < 4.78 is 7.03. The third-order valence-electron chi connectivity index (χ3n) is 3.79. The molecule has 1 aromatic rings. The largest absolute Gasteiger partial charge is 0.373 e. The molecule has 21 heavy (non-hydrogen) atoms. The van der Waals surface area contributed by atoms with Crippen molar-refractivity contribution < 1.29 is 9.53 Å². The van der Waals surface area contributed by atoms with Gasteiger partial charge in [0.1, 0.15) is 6.54 Å². The maximum Gasteiger partial charge on any atom is 0.328 e. The Morgan fingerprint density at radius 3 is 3.05 bits per heavy atom. The van der Waals surface area contributed by atoms with E-state index in [4.69, 9.17) is 4.74 Å². The molecular weight excluding hydrogens is 344 g/mol. The normalized spacial score (nSPS) is 24.9. The number of hydrogen-bond acceptors (Lipinski definition) is 5. The summed E-state index contributed by atoms with van der Waals surface area (Å²) in [5.74, 6) is -0.155. The van der Waals surface area contributed by atoms with Gasteiger partial charge < -0.3 is 15.0 Å². The highest BCUT2D eigenvalue weighted by atomic mass is 79.9. The minimum atomic E-state index is -0.592. The molecule has 3 rings (SSSR count). The number of fused-ring (bicyclic) bond motifs is 1. The van der Waals surface area contributed by atoms with Crippen molar-refractivity contribution in [3.63, 3.8) is 0 Å². The fourth-order valence-corrected chi connectivity index (χ4v) is 3.08. The quantitative estimate of drug-likeness (QED) is 0.670.